The molecule has 2 aliphatic rings. The molecule has 12 nitrogen and oxygen atoms in total. The Hall–Kier alpha value is -5.67. The minimum absolute atomic E-state index is 0.0251. The highest BCUT2D eigenvalue weighted by Gasteiger charge is 2.45. The van der Waals surface area contributed by atoms with Crippen molar-refractivity contribution in [2.24, 2.45) is 0 Å². The van der Waals surface area contributed by atoms with E-state index in [2.05, 4.69) is 10.3 Å². The Morgan fingerprint density at radius 3 is 1.89 bits per heavy atom. The Morgan fingerprint density at radius 2 is 1.33 bits per heavy atom. The first-order valence-corrected chi connectivity index (χ1v) is 17.2. The van der Waals surface area contributed by atoms with Crippen LogP contribution < -0.4 is 11.0 Å². The van der Waals surface area contributed by atoms with Crippen LogP contribution in [0.5, 0.6) is 0 Å². The average molecular weight is 734 g/mol. The van der Waals surface area contributed by atoms with E-state index in [-0.39, 0.29) is 12.4 Å². The summed E-state index contributed by atoms with van der Waals surface area (Å²) in [4.78, 5) is 42.3. The maximum Gasteiger partial charge on any atom is 0.351 e. The average Bonchev–Trinajstić information content (AvgIpc) is 3.49. The van der Waals surface area contributed by atoms with Crippen LogP contribution in [0.2, 0.25) is 0 Å². The lowest BCUT2D eigenvalue weighted by Crippen LogP contribution is -2.43. The van der Waals surface area contributed by atoms with Gasteiger partial charge in [0, 0.05) is 17.8 Å². The fourth-order valence-corrected chi connectivity index (χ4v) is 6.53. The lowest BCUT2D eigenvalue weighted by Gasteiger charge is -2.37. The van der Waals surface area contributed by atoms with Gasteiger partial charge < -0.3 is 34.5 Å². The van der Waals surface area contributed by atoms with Gasteiger partial charge in [-0.3, -0.25) is 14.2 Å². The van der Waals surface area contributed by atoms with Crippen molar-refractivity contribution in [1.82, 2.24) is 9.55 Å². The Balaban J connectivity index is 1.03. The molecular weight excluding hydrogens is 697 g/mol. The summed E-state index contributed by atoms with van der Waals surface area (Å²) in [7, 11) is 0. The van der Waals surface area contributed by atoms with Crippen LogP contribution in [0.15, 0.2) is 150 Å². The number of anilines is 1. The molecule has 3 heterocycles. The van der Waals surface area contributed by atoms with Gasteiger partial charge in [0.1, 0.15) is 35.8 Å². The number of Topliss-reactive ketones (excluding diaryl/α,β-unsaturated/α-hetero) is 1. The highest BCUT2D eigenvalue weighted by Crippen LogP contribution is 2.41. The molecule has 2 aliphatic heterocycles. The number of rotatable bonds is 12. The number of carbonyl (C=O) groups excluding carboxylic acids is 2. The summed E-state index contributed by atoms with van der Waals surface area (Å²) >= 11 is 0. The zero-order valence-corrected chi connectivity index (χ0v) is 28.7. The number of aromatic nitrogens is 2. The number of ketones is 1. The van der Waals surface area contributed by atoms with Crippen LogP contribution in [0.4, 0.5) is 10.2 Å². The predicted molar refractivity (Wildman–Crippen MR) is 193 cm³/mol. The van der Waals surface area contributed by atoms with Gasteiger partial charge in [0.15, 0.2) is 18.3 Å². The van der Waals surface area contributed by atoms with Crippen molar-refractivity contribution < 1.29 is 43.1 Å². The molecule has 1 aromatic heterocycles. The number of halogens is 1. The highest BCUT2D eigenvalue weighted by molar-refractivity contribution is 6.03. The van der Waals surface area contributed by atoms with E-state index in [0.29, 0.717) is 5.56 Å². The Kier molecular flexibility index (Phi) is 11.0. The Morgan fingerprint density at radius 1 is 0.778 bits per heavy atom. The monoisotopic (exact) mass is 733 g/mol. The molecule has 7 rings (SSSR count). The van der Waals surface area contributed by atoms with Gasteiger partial charge in [-0.05, 0) is 34.9 Å². The smallest absolute Gasteiger partial charge is 0.351 e. The van der Waals surface area contributed by atoms with Crippen LogP contribution in [0.1, 0.15) is 33.3 Å². The number of carbonyl (C=O) groups is 2. The second-order valence-electron chi connectivity index (χ2n) is 12.7. The van der Waals surface area contributed by atoms with Gasteiger partial charge in [0.25, 0.3) is 5.91 Å². The van der Waals surface area contributed by atoms with Crippen molar-refractivity contribution in [1.29, 1.82) is 0 Å². The molecule has 4 aromatic carbocycles. The molecule has 1 saturated heterocycles. The standard InChI is InChI=1S/C41H36FN3O9/c42-30-23-34(51-24-31-36(47)37(48)39(54-31)45-22-21-33(44-40(45)50)43-38(49)26-13-5-1-6-14-26)53-32(35(30)46)25-52-41(27-15-7-2-8-16-27,28-17-9-3-10-18-28)29-19-11-4-12-20-29/h1-23,31-32,34,36-37,39,47-48H,24-25H2,(H,43,44,49,50)/t31-,32-,34-,36-,37-,39-/m1/s1. The van der Waals surface area contributed by atoms with Gasteiger partial charge in [0.2, 0.25) is 5.78 Å². The molecule has 1 fully saturated rings. The number of nitrogens with one attached hydrogen (secondary N) is 1. The summed E-state index contributed by atoms with van der Waals surface area (Å²) < 4.78 is 40.2. The van der Waals surface area contributed by atoms with Crippen molar-refractivity contribution in [3.05, 3.63) is 178 Å². The number of hydrogen-bond acceptors (Lipinski definition) is 10. The van der Waals surface area contributed by atoms with Crippen LogP contribution >= 0.6 is 0 Å². The summed E-state index contributed by atoms with van der Waals surface area (Å²) in [5.74, 6) is -2.52. The van der Waals surface area contributed by atoms with Gasteiger partial charge in [0.05, 0.1) is 13.2 Å². The second kappa shape index (κ2) is 16.1. The van der Waals surface area contributed by atoms with E-state index in [1.54, 1.807) is 30.3 Å². The second-order valence-corrected chi connectivity index (χ2v) is 12.7. The molecule has 6 atom stereocenters. The van der Waals surface area contributed by atoms with E-state index < -0.39 is 72.3 Å². The van der Waals surface area contributed by atoms with Gasteiger partial charge >= 0.3 is 5.69 Å². The summed E-state index contributed by atoms with van der Waals surface area (Å²) in [6, 6.07) is 38.1. The number of benzene rings is 4. The Bertz CT molecular complexity index is 2060. The maximum absolute atomic E-state index is 15.1. The molecular formula is C41H36FN3O9. The zero-order valence-electron chi connectivity index (χ0n) is 28.7. The van der Waals surface area contributed by atoms with Crippen molar-refractivity contribution in [2.45, 2.75) is 42.5 Å². The number of nitrogens with zero attached hydrogens (tertiary/aromatic N) is 2. The molecule has 0 saturated carbocycles. The van der Waals surface area contributed by atoms with E-state index in [0.717, 1.165) is 27.3 Å². The minimum Gasteiger partial charge on any atom is -0.387 e. The third-order valence-electron chi connectivity index (χ3n) is 9.24. The van der Waals surface area contributed by atoms with E-state index in [1.807, 2.05) is 91.0 Å². The summed E-state index contributed by atoms with van der Waals surface area (Å²) in [6.07, 6.45) is -6.33. The molecule has 5 aromatic rings. The van der Waals surface area contributed by atoms with E-state index >= 15 is 4.39 Å². The lowest BCUT2D eigenvalue weighted by atomic mass is 9.80. The minimum atomic E-state index is -1.58. The third kappa shape index (κ3) is 7.54. The summed E-state index contributed by atoms with van der Waals surface area (Å²) in [5.41, 5.74) is 0.622. The van der Waals surface area contributed by atoms with E-state index in [9.17, 15) is 24.6 Å². The van der Waals surface area contributed by atoms with Crippen LogP contribution in [-0.2, 0) is 29.3 Å². The number of amides is 1. The molecule has 0 unspecified atom stereocenters. The first kappa shape index (κ1) is 36.7. The summed E-state index contributed by atoms with van der Waals surface area (Å²) in [5, 5.41) is 24.1. The largest absolute Gasteiger partial charge is 0.387 e. The zero-order chi connectivity index (χ0) is 37.7. The topological polar surface area (TPSA) is 158 Å². The van der Waals surface area contributed by atoms with Crippen LogP contribution in [0.3, 0.4) is 0 Å². The van der Waals surface area contributed by atoms with Crippen LogP contribution in [0, 0.1) is 0 Å². The molecule has 0 bridgehead atoms. The molecule has 3 N–H and O–H groups in total. The fraction of sp³-hybridized carbons (Fsp3) is 0.220. The SMILES string of the molecule is O=C(Nc1ccn([C@@H]2O[C@H](CO[C@H]3C=C(F)C(=O)[C@@H](COC(c4ccccc4)(c4ccccc4)c4ccccc4)O3)[C@@H](O)[C@H]2O)c(=O)n1)c1ccccc1. The quantitative estimate of drug-likeness (QED) is 0.158. The van der Waals surface area contributed by atoms with Crippen molar-refractivity contribution in [3.63, 3.8) is 0 Å². The third-order valence-corrected chi connectivity index (χ3v) is 9.24. The van der Waals surface area contributed by atoms with Gasteiger partial charge in [-0.1, -0.05) is 109 Å². The van der Waals surface area contributed by atoms with Crippen LogP contribution in [0.25, 0.3) is 0 Å². The molecule has 0 aliphatic carbocycles. The molecule has 1 amide bonds. The molecule has 54 heavy (non-hydrogen) atoms. The highest BCUT2D eigenvalue weighted by atomic mass is 19.1. The fourth-order valence-electron chi connectivity index (χ4n) is 6.53. The lowest BCUT2D eigenvalue weighted by molar-refractivity contribution is -0.192. The summed E-state index contributed by atoms with van der Waals surface area (Å²) in [6.45, 7) is -0.778. The van der Waals surface area contributed by atoms with Crippen molar-refractivity contribution >= 4 is 17.5 Å². The predicted octanol–water partition coefficient (Wildman–Crippen LogP) is 4.29. The van der Waals surface area contributed by atoms with Crippen molar-refractivity contribution in [2.75, 3.05) is 18.5 Å². The van der Waals surface area contributed by atoms with Crippen LogP contribution in [-0.4, -0.2) is 75.4 Å². The van der Waals surface area contributed by atoms with E-state index in [4.69, 9.17) is 18.9 Å². The first-order valence-electron chi connectivity index (χ1n) is 17.2. The van der Waals surface area contributed by atoms with E-state index in [1.165, 1.54) is 12.3 Å². The van der Waals surface area contributed by atoms with Gasteiger partial charge in [-0.15, -0.1) is 0 Å². The van der Waals surface area contributed by atoms with Gasteiger partial charge in [-0.2, -0.15) is 4.98 Å². The normalized spacial score (nSPS) is 22.8. The molecule has 276 valence electrons. The number of ether oxygens (including phenoxy) is 4. The molecule has 13 heteroatoms. The number of aliphatic hydroxyl groups excluding tert-OH is 2. The van der Waals surface area contributed by atoms with Crippen molar-refractivity contribution in [3.8, 4) is 0 Å². The Labute approximate surface area is 309 Å². The first-order chi connectivity index (χ1) is 26.2. The maximum atomic E-state index is 15.1. The number of hydrogen-bond donors (Lipinski definition) is 3. The number of aliphatic hydroxyl groups is 2. The molecule has 0 radical (unpaired) electrons. The van der Waals surface area contributed by atoms with Gasteiger partial charge in [-0.25, -0.2) is 9.18 Å². The molecule has 0 spiro atoms.